The van der Waals surface area contributed by atoms with Gasteiger partial charge >= 0.3 is 0 Å². The fourth-order valence-corrected chi connectivity index (χ4v) is 5.49. The van der Waals surface area contributed by atoms with Crippen molar-refractivity contribution in [1.82, 2.24) is 24.9 Å². The molecule has 10 nitrogen and oxygen atoms in total. The van der Waals surface area contributed by atoms with E-state index in [0.29, 0.717) is 12.2 Å². The molecule has 3 aliphatic rings. The number of piperidine rings is 2. The highest BCUT2D eigenvalue weighted by atomic mass is 16.2. The number of carbonyl (C=O) groups excluding carboxylic acids is 4. The molecule has 0 aliphatic carbocycles. The highest BCUT2D eigenvalue weighted by molar-refractivity contribution is 6.25. The third-order valence-electron chi connectivity index (χ3n) is 7.93. The Morgan fingerprint density at radius 2 is 1.84 bits per heavy atom. The first-order valence-electron chi connectivity index (χ1n) is 12.9. The smallest absolute Gasteiger partial charge is 0.264 e. The monoisotopic (exact) mass is 506 g/mol. The number of hydrogen-bond acceptors (Lipinski definition) is 7. The van der Waals surface area contributed by atoms with Crippen molar-refractivity contribution in [3.8, 4) is 0 Å². The number of hydrogen-bond donors (Lipinski definition) is 2. The first-order chi connectivity index (χ1) is 17.5. The molecule has 2 saturated heterocycles. The predicted molar refractivity (Wildman–Crippen MR) is 137 cm³/mol. The highest BCUT2D eigenvalue weighted by Crippen LogP contribution is 2.34. The van der Waals surface area contributed by atoms with E-state index in [9.17, 15) is 19.2 Å². The number of amides is 4. The molecule has 1 aromatic carbocycles. The van der Waals surface area contributed by atoms with Gasteiger partial charge in [-0.1, -0.05) is 6.07 Å². The number of rotatable bonds is 5. The van der Waals surface area contributed by atoms with E-state index in [1.54, 1.807) is 18.2 Å². The van der Waals surface area contributed by atoms with Crippen molar-refractivity contribution in [2.45, 2.75) is 77.0 Å². The zero-order valence-corrected chi connectivity index (χ0v) is 21.8. The Morgan fingerprint density at radius 1 is 1.11 bits per heavy atom. The standard InChI is InChI=1S/C27H34N6O4/c1-26(2,3)31-12-10-27(4,11-13-31)32-16-17(15-29-32)14-28-19-7-5-6-18-22(19)25(37)33(24(18)36)20-8-9-21(34)30-23(20)35/h5-7,15-16,20,28H,8-14H2,1-4H3,(H,30,34,35). The number of carbonyl (C=O) groups is 4. The quantitative estimate of drug-likeness (QED) is 0.599. The van der Waals surface area contributed by atoms with Gasteiger partial charge in [0.25, 0.3) is 11.8 Å². The van der Waals surface area contributed by atoms with Gasteiger partial charge in [0, 0.05) is 49.0 Å². The molecule has 1 atom stereocenters. The van der Waals surface area contributed by atoms with Crippen LogP contribution in [0.15, 0.2) is 30.6 Å². The maximum atomic E-state index is 13.3. The Balaban J connectivity index is 1.28. The van der Waals surface area contributed by atoms with Crippen LogP contribution in [0.1, 0.15) is 79.7 Å². The molecule has 5 rings (SSSR count). The summed E-state index contributed by atoms with van der Waals surface area (Å²) in [6, 6.07) is 4.08. The second-order valence-corrected chi connectivity index (χ2v) is 11.5. The topological polar surface area (TPSA) is 117 Å². The van der Waals surface area contributed by atoms with Gasteiger partial charge in [-0.15, -0.1) is 0 Å². The van der Waals surface area contributed by atoms with Crippen LogP contribution in [0.5, 0.6) is 0 Å². The van der Waals surface area contributed by atoms with Crippen LogP contribution in [0.4, 0.5) is 5.69 Å². The molecule has 0 radical (unpaired) electrons. The Hall–Kier alpha value is -3.53. The number of benzene rings is 1. The molecule has 0 spiro atoms. The fourth-order valence-electron chi connectivity index (χ4n) is 5.49. The average molecular weight is 507 g/mol. The van der Waals surface area contributed by atoms with Gasteiger partial charge in [-0.25, -0.2) is 0 Å². The molecule has 196 valence electrons. The van der Waals surface area contributed by atoms with Gasteiger partial charge in [-0.05, 0) is 59.1 Å². The van der Waals surface area contributed by atoms with Crippen LogP contribution in [0, 0.1) is 0 Å². The molecule has 0 bridgehead atoms. The van der Waals surface area contributed by atoms with Crippen LogP contribution in [-0.4, -0.2) is 67.9 Å². The first-order valence-corrected chi connectivity index (χ1v) is 12.9. The molecule has 0 saturated carbocycles. The highest BCUT2D eigenvalue weighted by Gasteiger charge is 2.45. The summed E-state index contributed by atoms with van der Waals surface area (Å²) in [5.41, 5.74) is 2.11. The second kappa shape index (κ2) is 9.09. The number of imide groups is 2. The van der Waals surface area contributed by atoms with E-state index >= 15 is 0 Å². The summed E-state index contributed by atoms with van der Waals surface area (Å²) in [6.07, 6.45) is 6.12. The van der Waals surface area contributed by atoms with Crippen molar-refractivity contribution in [3.63, 3.8) is 0 Å². The second-order valence-electron chi connectivity index (χ2n) is 11.5. The van der Waals surface area contributed by atoms with Crippen LogP contribution in [0.25, 0.3) is 0 Å². The van der Waals surface area contributed by atoms with E-state index in [-0.39, 0.29) is 35.0 Å². The van der Waals surface area contributed by atoms with Crippen molar-refractivity contribution < 1.29 is 19.2 Å². The van der Waals surface area contributed by atoms with Crippen molar-refractivity contribution in [2.75, 3.05) is 18.4 Å². The van der Waals surface area contributed by atoms with Crippen molar-refractivity contribution in [3.05, 3.63) is 47.3 Å². The molecule has 1 aromatic heterocycles. The molecular formula is C27H34N6O4. The number of anilines is 1. The minimum Gasteiger partial charge on any atom is -0.380 e. The summed E-state index contributed by atoms with van der Waals surface area (Å²) in [5.74, 6) is -2.05. The van der Waals surface area contributed by atoms with Gasteiger partial charge in [0.15, 0.2) is 0 Å². The van der Waals surface area contributed by atoms with E-state index in [1.807, 2.05) is 12.4 Å². The van der Waals surface area contributed by atoms with Gasteiger partial charge < -0.3 is 5.32 Å². The largest absolute Gasteiger partial charge is 0.380 e. The predicted octanol–water partition coefficient (Wildman–Crippen LogP) is 2.51. The van der Waals surface area contributed by atoms with Gasteiger partial charge in [0.05, 0.1) is 22.9 Å². The van der Waals surface area contributed by atoms with Gasteiger partial charge in [0.2, 0.25) is 11.8 Å². The SMILES string of the molecule is CC(C)(C)N1CCC(C)(n2cc(CNc3cccc4c3C(=O)N(C3CCC(=O)NC3=O)C4=O)cn2)CC1. The number of nitrogens with one attached hydrogen (secondary N) is 2. The van der Waals surface area contributed by atoms with Gasteiger partial charge in [0.1, 0.15) is 6.04 Å². The van der Waals surface area contributed by atoms with E-state index < -0.39 is 29.7 Å². The van der Waals surface area contributed by atoms with Crippen molar-refractivity contribution in [2.24, 2.45) is 0 Å². The molecule has 1 unspecified atom stereocenters. The van der Waals surface area contributed by atoms with E-state index in [1.165, 1.54) is 0 Å². The zero-order valence-electron chi connectivity index (χ0n) is 21.8. The normalized spacial score (nSPS) is 22.3. The number of fused-ring (bicyclic) bond motifs is 1. The number of aromatic nitrogens is 2. The minimum absolute atomic E-state index is 0.0567. The van der Waals surface area contributed by atoms with E-state index in [0.717, 1.165) is 36.4 Å². The first kappa shape index (κ1) is 25.1. The third kappa shape index (κ3) is 4.54. The lowest BCUT2D eigenvalue weighted by Crippen LogP contribution is -2.54. The Kier molecular flexibility index (Phi) is 6.18. The van der Waals surface area contributed by atoms with Crippen LogP contribution in [-0.2, 0) is 21.7 Å². The number of nitrogens with zero attached hydrogens (tertiary/aromatic N) is 4. The Bertz CT molecular complexity index is 1270. The molecule has 10 heteroatoms. The maximum absolute atomic E-state index is 13.3. The average Bonchev–Trinajstić information content (AvgIpc) is 3.42. The molecule has 3 aliphatic heterocycles. The molecule has 37 heavy (non-hydrogen) atoms. The van der Waals surface area contributed by atoms with Crippen molar-refractivity contribution in [1.29, 1.82) is 0 Å². The molecule has 4 heterocycles. The molecule has 4 amide bonds. The molecule has 2 aromatic rings. The molecule has 2 fully saturated rings. The maximum Gasteiger partial charge on any atom is 0.264 e. The minimum atomic E-state index is -0.985. The number of likely N-dealkylation sites (tertiary alicyclic amines) is 1. The Morgan fingerprint density at radius 3 is 2.51 bits per heavy atom. The summed E-state index contributed by atoms with van der Waals surface area (Å²) in [5, 5.41) is 10.2. The fraction of sp³-hybridized carbons (Fsp3) is 0.519. The lowest BCUT2D eigenvalue weighted by atomic mass is 9.87. The molecule has 2 N–H and O–H groups in total. The lowest BCUT2D eigenvalue weighted by Gasteiger charge is -2.45. The van der Waals surface area contributed by atoms with Gasteiger partial charge in [-0.2, -0.15) is 5.10 Å². The van der Waals surface area contributed by atoms with Crippen molar-refractivity contribution >= 4 is 29.3 Å². The lowest BCUT2D eigenvalue weighted by molar-refractivity contribution is -0.136. The summed E-state index contributed by atoms with van der Waals surface area (Å²) in [7, 11) is 0. The van der Waals surface area contributed by atoms with Gasteiger partial charge in [-0.3, -0.25) is 39.0 Å². The van der Waals surface area contributed by atoms with E-state index in [2.05, 4.69) is 53.0 Å². The van der Waals surface area contributed by atoms with E-state index in [4.69, 9.17) is 0 Å². The summed E-state index contributed by atoms with van der Waals surface area (Å²) in [4.78, 5) is 53.7. The Labute approximate surface area is 216 Å². The third-order valence-corrected chi connectivity index (χ3v) is 7.93. The summed E-state index contributed by atoms with van der Waals surface area (Å²) < 4.78 is 2.05. The zero-order chi connectivity index (χ0) is 26.5. The van der Waals surface area contributed by atoms with Crippen LogP contribution in [0.2, 0.25) is 0 Å². The summed E-state index contributed by atoms with van der Waals surface area (Å²) in [6.45, 7) is 11.4. The summed E-state index contributed by atoms with van der Waals surface area (Å²) >= 11 is 0. The molecular weight excluding hydrogens is 472 g/mol. The van der Waals surface area contributed by atoms with Crippen LogP contribution >= 0.6 is 0 Å². The van der Waals surface area contributed by atoms with Crippen LogP contribution in [0.3, 0.4) is 0 Å². The van der Waals surface area contributed by atoms with Crippen LogP contribution < -0.4 is 10.6 Å².